The summed E-state index contributed by atoms with van der Waals surface area (Å²) < 4.78 is 27.1. The van der Waals surface area contributed by atoms with Crippen molar-refractivity contribution in [3.8, 4) is 5.75 Å². The number of nitrogens with zero attached hydrogens (tertiary/aromatic N) is 1. The zero-order chi connectivity index (χ0) is 21.3. The molecule has 2 N–H and O–H groups in total. The zero-order valence-corrected chi connectivity index (χ0v) is 19.3. The molecule has 0 spiro atoms. The van der Waals surface area contributed by atoms with Crippen LogP contribution in [0.15, 0.2) is 34.8 Å². The molecule has 0 amide bonds. The molecule has 0 fully saturated rings. The molecule has 1 aliphatic heterocycles. The Bertz CT molecular complexity index is 887. The number of benzene rings is 2. The Hall–Kier alpha value is -1.63. The summed E-state index contributed by atoms with van der Waals surface area (Å²) in [6, 6.07) is 10.0. The maximum atomic E-state index is 15.3. The van der Waals surface area contributed by atoms with Crippen molar-refractivity contribution in [2.24, 2.45) is 0 Å². The van der Waals surface area contributed by atoms with Crippen molar-refractivity contribution in [3.63, 3.8) is 0 Å². The largest absolute Gasteiger partial charge is 0.496 e. The van der Waals surface area contributed by atoms with Gasteiger partial charge in [-0.15, -0.1) is 0 Å². The lowest BCUT2D eigenvalue weighted by Gasteiger charge is -2.45. The first kappa shape index (κ1) is 22.1. The van der Waals surface area contributed by atoms with Crippen LogP contribution < -0.4 is 10.5 Å². The Kier molecular flexibility index (Phi) is 6.56. The van der Waals surface area contributed by atoms with Gasteiger partial charge in [0.25, 0.3) is 0 Å². The molecule has 0 saturated heterocycles. The fraction of sp³-hybridized carbons (Fsp3) is 0.478. The normalized spacial score (nSPS) is 21.5. The molecule has 2 aromatic carbocycles. The van der Waals surface area contributed by atoms with Crippen LogP contribution in [0, 0.1) is 6.92 Å². The number of fused-ring (bicyclic) bond motifs is 1. The van der Waals surface area contributed by atoms with Crippen molar-refractivity contribution in [2.45, 2.75) is 44.9 Å². The van der Waals surface area contributed by atoms with Gasteiger partial charge in [-0.05, 0) is 62.1 Å². The number of alkyl halides is 1. The third-order valence-corrected chi connectivity index (χ3v) is 6.31. The van der Waals surface area contributed by atoms with E-state index < -0.39 is 5.67 Å². The molecule has 29 heavy (non-hydrogen) atoms. The summed E-state index contributed by atoms with van der Waals surface area (Å²) in [5.74, 6) is 0.774. The molecule has 0 aromatic heterocycles. The Balaban J connectivity index is 2.19. The lowest BCUT2D eigenvalue weighted by molar-refractivity contribution is 0.00191. The Labute approximate surface area is 181 Å². The van der Waals surface area contributed by atoms with Gasteiger partial charge >= 0.3 is 0 Å². The van der Waals surface area contributed by atoms with Crippen molar-refractivity contribution < 1.29 is 13.9 Å². The molecule has 0 bridgehead atoms. The quantitative estimate of drug-likeness (QED) is 0.606. The minimum atomic E-state index is -1.47. The topological polar surface area (TPSA) is 47.7 Å². The molecule has 158 valence electrons. The second-order valence-electron chi connectivity index (χ2n) is 8.21. The summed E-state index contributed by atoms with van der Waals surface area (Å²) in [4.78, 5) is 2.22. The van der Waals surface area contributed by atoms with Gasteiger partial charge in [0.1, 0.15) is 11.4 Å². The van der Waals surface area contributed by atoms with Crippen LogP contribution in [0.25, 0.3) is 0 Å². The summed E-state index contributed by atoms with van der Waals surface area (Å²) in [5.41, 5.74) is 10.1. The van der Waals surface area contributed by atoms with E-state index in [2.05, 4.69) is 46.8 Å². The van der Waals surface area contributed by atoms with Gasteiger partial charge in [0.05, 0.1) is 19.8 Å². The van der Waals surface area contributed by atoms with E-state index in [9.17, 15) is 0 Å². The highest BCUT2D eigenvalue weighted by atomic mass is 79.9. The number of nitrogens with two attached hydrogens (primary N) is 1. The monoisotopic (exact) mass is 464 g/mol. The number of nitrogen functional groups attached to an aromatic ring is 1. The van der Waals surface area contributed by atoms with Gasteiger partial charge in [-0.25, -0.2) is 4.39 Å². The molecule has 3 rings (SSSR count). The first-order valence-corrected chi connectivity index (χ1v) is 10.6. The summed E-state index contributed by atoms with van der Waals surface area (Å²) in [6.45, 7) is 6.12. The van der Waals surface area contributed by atoms with E-state index in [4.69, 9.17) is 15.2 Å². The summed E-state index contributed by atoms with van der Waals surface area (Å²) in [5, 5.41) is 0. The molecule has 6 heteroatoms. The van der Waals surface area contributed by atoms with Gasteiger partial charge in [0.15, 0.2) is 0 Å². The molecule has 0 saturated carbocycles. The molecule has 0 radical (unpaired) electrons. The number of methoxy groups -OCH3 is 2. The van der Waals surface area contributed by atoms with Crippen LogP contribution >= 0.6 is 15.9 Å². The van der Waals surface area contributed by atoms with E-state index in [1.165, 1.54) is 12.7 Å². The molecular formula is C23H30BrFN2O2. The van der Waals surface area contributed by atoms with Crippen molar-refractivity contribution in [2.75, 3.05) is 33.1 Å². The molecule has 3 unspecified atom stereocenters. The molecular weight excluding hydrogens is 435 g/mol. The molecule has 2 aromatic rings. The standard InChI is InChI=1S/C23H30BrFN2O2/c1-14-10-19-15(2)20(26)9-8-17(19)22(27(14)12-23(3,25)13-28-4)18-7-6-16(24)11-21(18)29-5/h6-9,11,14,22H,10,12-13,26H2,1-5H3. The van der Waals surface area contributed by atoms with Crippen LogP contribution in [0.2, 0.25) is 0 Å². The fourth-order valence-electron chi connectivity index (χ4n) is 4.40. The SMILES string of the molecule is COCC(C)(F)CN1C(C)Cc2c(ccc(N)c2C)C1c1ccc(Br)cc1OC. The van der Waals surface area contributed by atoms with Gasteiger partial charge in [-0.2, -0.15) is 0 Å². The first-order valence-electron chi connectivity index (χ1n) is 9.83. The van der Waals surface area contributed by atoms with E-state index in [0.717, 1.165) is 39.0 Å². The number of hydrogen-bond acceptors (Lipinski definition) is 4. The summed E-state index contributed by atoms with van der Waals surface area (Å²) >= 11 is 3.52. The first-order chi connectivity index (χ1) is 13.7. The van der Waals surface area contributed by atoms with Crippen molar-refractivity contribution in [1.82, 2.24) is 4.90 Å². The highest BCUT2D eigenvalue weighted by molar-refractivity contribution is 9.10. The second-order valence-corrected chi connectivity index (χ2v) is 9.12. The fourth-order valence-corrected chi connectivity index (χ4v) is 4.74. The molecule has 3 atom stereocenters. The average Bonchev–Trinajstić information content (AvgIpc) is 2.66. The van der Waals surface area contributed by atoms with Crippen LogP contribution in [-0.4, -0.2) is 44.0 Å². The Morgan fingerprint density at radius 1 is 1.24 bits per heavy atom. The lowest BCUT2D eigenvalue weighted by Crippen LogP contribution is -2.50. The van der Waals surface area contributed by atoms with E-state index in [0.29, 0.717) is 0 Å². The molecule has 4 nitrogen and oxygen atoms in total. The van der Waals surface area contributed by atoms with Gasteiger partial charge in [0, 0.05) is 35.4 Å². The van der Waals surface area contributed by atoms with E-state index in [1.54, 1.807) is 14.0 Å². The van der Waals surface area contributed by atoms with Gasteiger partial charge < -0.3 is 15.2 Å². The van der Waals surface area contributed by atoms with Crippen LogP contribution in [0.1, 0.15) is 42.1 Å². The highest BCUT2D eigenvalue weighted by Crippen LogP contribution is 2.44. The highest BCUT2D eigenvalue weighted by Gasteiger charge is 2.39. The smallest absolute Gasteiger partial charge is 0.144 e. The molecule has 1 aliphatic rings. The van der Waals surface area contributed by atoms with E-state index in [-0.39, 0.29) is 25.2 Å². The van der Waals surface area contributed by atoms with Gasteiger partial charge in [-0.1, -0.05) is 28.1 Å². The number of anilines is 1. The van der Waals surface area contributed by atoms with E-state index in [1.807, 2.05) is 18.2 Å². The number of rotatable bonds is 6. The predicted octanol–water partition coefficient (Wildman–Crippen LogP) is 5.06. The summed E-state index contributed by atoms with van der Waals surface area (Å²) in [7, 11) is 3.20. The second kappa shape index (κ2) is 8.62. The number of ether oxygens (including phenoxy) is 2. The van der Waals surface area contributed by atoms with E-state index >= 15 is 4.39 Å². The molecule has 1 heterocycles. The van der Waals surface area contributed by atoms with Crippen molar-refractivity contribution in [3.05, 3.63) is 57.1 Å². The third kappa shape index (κ3) is 4.44. The maximum Gasteiger partial charge on any atom is 0.144 e. The lowest BCUT2D eigenvalue weighted by atomic mass is 9.81. The van der Waals surface area contributed by atoms with Crippen molar-refractivity contribution >= 4 is 21.6 Å². The van der Waals surface area contributed by atoms with Crippen LogP contribution in [0.4, 0.5) is 10.1 Å². The number of hydrogen-bond donors (Lipinski definition) is 1. The van der Waals surface area contributed by atoms with Crippen molar-refractivity contribution in [1.29, 1.82) is 0 Å². The van der Waals surface area contributed by atoms with Gasteiger partial charge in [0.2, 0.25) is 0 Å². The average molecular weight is 465 g/mol. The minimum absolute atomic E-state index is 0.0496. The Morgan fingerprint density at radius 3 is 2.59 bits per heavy atom. The minimum Gasteiger partial charge on any atom is -0.496 e. The molecule has 0 aliphatic carbocycles. The third-order valence-electron chi connectivity index (χ3n) is 5.82. The predicted molar refractivity (Wildman–Crippen MR) is 119 cm³/mol. The zero-order valence-electron chi connectivity index (χ0n) is 17.8. The van der Waals surface area contributed by atoms with Crippen LogP contribution in [0.5, 0.6) is 5.75 Å². The van der Waals surface area contributed by atoms with Crippen LogP contribution in [0.3, 0.4) is 0 Å². The maximum absolute atomic E-state index is 15.3. The van der Waals surface area contributed by atoms with Gasteiger partial charge in [-0.3, -0.25) is 4.90 Å². The summed E-state index contributed by atoms with van der Waals surface area (Å²) in [6.07, 6.45) is 0.824. The van der Waals surface area contributed by atoms with Crippen LogP contribution in [-0.2, 0) is 11.2 Å². The number of halogens is 2. The Morgan fingerprint density at radius 2 is 1.93 bits per heavy atom.